The molecule has 0 bridgehead atoms. The number of nitrogens with zero attached hydrogens (tertiary/aromatic N) is 1. The van der Waals surface area contributed by atoms with Gasteiger partial charge in [0, 0.05) is 12.1 Å². The molecule has 0 unspecified atom stereocenters. The van der Waals surface area contributed by atoms with Crippen LogP contribution in [0.5, 0.6) is 0 Å². The molecule has 0 spiro atoms. The highest BCUT2D eigenvalue weighted by Crippen LogP contribution is 2.35. The standard InChI is InChI=1S/C7H17N3/c1-10(2)7(6-9-8)4-3-5-7/h9H,3-6,8H2,1-2H3. The molecule has 0 heterocycles. The van der Waals surface area contributed by atoms with E-state index in [2.05, 4.69) is 24.4 Å². The van der Waals surface area contributed by atoms with E-state index in [4.69, 9.17) is 5.84 Å². The molecule has 3 heteroatoms. The molecule has 1 aliphatic carbocycles. The van der Waals surface area contributed by atoms with Crippen LogP contribution in [0.15, 0.2) is 0 Å². The normalized spacial score (nSPS) is 22.8. The van der Waals surface area contributed by atoms with Crippen LogP contribution in [0.4, 0.5) is 0 Å². The molecule has 0 aliphatic heterocycles. The van der Waals surface area contributed by atoms with E-state index < -0.39 is 0 Å². The van der Waals surface area contributed by atoms with E-state index in [0.29, 0.717) is 5.54 Å². The quantitative estimate of drug-likeness (QED) is 0.429. The Morgan fingerprint density at radius 3 is 2.20 bits per heavy atom. The van der Waals surface area contributed by atoms with Crippen molar-refractivity contribution in [3.05, 3.63) is 0 Å². The number of hydrogen-bond donors (Lipinski definition) is 2. The van der Waals surface area contributed by atoms with Gasteiger partial charge in [0.1, 0.15) is 0 Å². The third kappa shape index (κ3) is 1.17. The summed E-state index contributed by atoms with van der Waals surface area (Å²) < 4.78 is 0. The second-order valence-corrected chi connectivity index (χ2v) is 3.35. The predicted molar refractivity (Wildman–Crippen MR) is 42.5 cm³/mol. The molecule has 0 atom stereocenters. The third-order valence-corrected chi connectivity index (χ3v) is 2.66. The molecule has 0 radical (unpaired) electrons. The Morgan fingerprint density at radius 1 is 1.50 bits per heavy atom. The lowest BCUT2D eigenvalue weighted by molar-refractivity contribution is 0.0604. The molecule has 0 saturated heterocycles. The molecular weight excluding hydrogens is 126 g/mol. The van der Waals surface area contributed by atoms with Gasteiger partial charge in [-0.05, 0) is 33.4 Å². The molecule has 1 rings (SSSR count). The van der Waals surface area contributed by atoms with Gasteiger partial charge in [0.15, 0.2) is 0 Å². The van der Waals surface area contributed by atoms with Gasteiger partial charge in [-0.15, -0.1) is 0 Å². The number of nitrogens with two attached hydrogens (primary N) is 1. The minimum atomic E-state index is 0.370. The summed E-state index contributed by atoms with van der Waals surface area (Å²) in [6.45, 7) is 0.917. The lowest BCUT2D eigenvalue weighted by atomic mass is 9.76. The van der Waals surface area contributed by atoms with E-state index in [-0.39, 0.29) is 0 Å². The van der Waals surface area contributed by atoms with Crippen molar-refractivity contribution in [1.82, 2.24) is 10.3 Å². The average Bonchev–Trinajstić information content (AvgIpc) is 1.77. The summed E-state index contributed by atoms with van der Waals surface area (Å²) in [5.41, 5.74) is 3.12. The monoisotopic (exact) mass is 143 g/mol. The molecule has 0 aromatic heterocycles. The Morgan fingerprint density at radius 2 is 2.10 bits per heavy atom. The van der Waals surface area contributed by atoms with Crippen LogP contribution in [0.2, 0.25) is 0 Å². The van der Waals surface area contributed by atoms with Crippen LogP contribution in [-0.2, 0) is 0 Å². The summed E-state index contributed by atoms with van der Waals surface area (Å²) in [5.74, 6) is 5.29. The first-order valence-electron chi connectivity index (χ1n) is 3.82. The van der Waals surface area contributed by atoms with Crippen LogP contribution in [0.3, 0.4) is 0 Å². The number of hydrogen-bond acceptors (Lipinski definition) is 3. The maximum absolute atomic E-state index is 5.29. The first kappa shape index (κ1) is 7.98. The fraction of sp³-hybridized carbons (Fsp3) is 1.00. The molecule has 1 fully saturated rings. The Hall–Kier alpha value is -0.120. The third-order valence-electron chi connectivity index (χ3n) is 2.66. The smallest absolute Gasteiger partial charge is 0.0341 e. The predicted octanol–water partition coefficient (Wildman–Crippen LogP) is -0.0660. The van der Waals surface area contributed by atoms with Crippen LogP contribution in [-0.4, -0.2) is 31.1 Å². The van der Waals surface area contributed by atoms with E-state index in [1.165, 1.54) is 19.3 Å². The zero-order valence-electron chi connectivity index (χ0n) is 6.85. The van der Waals surface area contributed by atoms with Crippen LogP contribution in [0, 0.1) is 0 Å². The van der Waals surface area contributed by atoms with Crippen LogP contribution in [0.1, 0.15) is 19.3 Å². The van der Waals surface area contributed by atoms with Gasteiger partial charge in [0.25, 0.3) is 0 Å². The number of nitrogens with one attached hydrogen (secondary N) is 1. The van der Waals surface area contributed by atoms with Crippen molar-refractivity contribution in [2.45, 2.75) is 24.8 Å². The van der Waals surface area contributed by atoms with Gasteiger partial charge in [0.05, 0.1) is 0 Å². The summed E-state index contributed by atoms with van der Waals surface area (Å²) in [7, 11) is 4.24. The molecule has 0 aromatic rings. The minimum absolute atomic E-state index is 0.370. The van der Waals surface area contributed by atoms with Crippen molar-refractivity contribution in [1.29, 1.82) is 0 Å². The largest absolute Gasteiger partial charge is 0.302 e. The van der Waals surface area contributed by atoms with E-state index in [9.17, 15) is 0 Å². The summed E-state index contributed by atoms with van der Waals surface area (Å²) in [4.78, 5) is 2.27. The molecule has 0 amide bonds. The van der Waals surface area contributed by atoms with Gasteiger partial charge in [-0.3, -0.25) is 11.3 Å². The summed E-state index contributed by atoms with van der Waals surface area (Å²) in [6, 6.07) is 0. The van der Waals surface area contributed by atoms with Crippen molar-refractivity contribution >= 4 is 0 Å². The molecular formula is C7H17N3. The van der Waals surface area contributed by atoms with Crippen molar-refractivity contribution < 1.29 is 0 Å². The van der Waals surface area contributed by atoms with Crippen LogP contribution in [0.25, 0.3) is 0 Å². The summed E-state index contributed by atoms with van der Waals surface area (Å²) >= 11 is 0. The number of hydrazine groups is 1. The van der Waals surface area contributed by atoms with Crippen molar-refractivity contribution in [2.75, 3.05) is 20.6 Å². The Labute approximate surface area is 62.5 Å². The second kappa shape index (κ2) is 2.86. The second-order valence-electron chi connectivity index (χ2n) is 3.35. The topological polar surface area (TPSA) is 41.3 Å². The molecule has 60 valence electrons. The highest BCUT2D eigenvalue weighted by atomic mass is 15.3. The molecule has 3 N–H and O–H groups in total. The van der Waals surface area contributed by atoms with Gasteiger partial charge < -0.3 is 4.90 Å². The number of rotatable bonds is 3. The van der Waals surface area contributed by atoms with Crippen molar-refractivity contribution in [3.8, 4) is 0 Å². The average molecular weight is 143 g/mol. The van der Waals surface area contributed by atoms with Gasteiger partial charge in [-0.1, -0.05) is 0 Å². The Kier molecular flexibility index (Phi) is 2.28. The van der Waals surface area contributed by atoms with E-state index in [0.717, 1.165) is 6.54 Å². The van der Waals surface area contributed by atoms with Crippen LogP contribution < -0.4 is 11.3 Å². The molecule has 10 heavy (non-hydrogen) atoms. The van der Waals surface area contributed by atoms with Gasteiger partial charge in [0.2, 0.25) is 0 Å². The van der Waals surface area contributed by atoms with Gasteiger partial charge in [-0.25, -0.2) is 0 Å². The zero-order chi connectivity index (χ0) is 7.61. The highest BCUT2D eigenvalue weighted by molar-refractivity contribution is 4.96. The highest BCUT2D eigenvalue weighted by Gasteiger charge is 2.38. The number of likely N-dealkylation sites (N-methyl/N-ethyl adjacent to an activating group) is 1. The fourth-order valence-electron chi connectivity index (χ4n) is 1.56. The maximum atomic E-state index is 5.29. The Balaban J connectivity index is 2.42. The summed E-state index contributed by atoms with van der Waals surface area (Å²) in [6.07, 6.45) is 3.91. The lowest BCUT2D eigenvalue weighted by Gasteiger charge is -2.47. The van der Waals surface area contributed by atoms with Gasteiger partial charge in [-0.2, -0.15) is 0 Å². The van der Waals surface area contributed by atoms with Crippen LogP contribution >= 0.6 is 0 Å². The minimum Gasteiger partial charge on any atom is -0.302 e. The lowest BCUT2D eigenvalue weighted by Crippen LogP contribution is -2.57. The first-order valence-corrected chi connectivity index (χ1v) is 3.82. The first-order chi connectivity index (χ1) is 4.71. The SMILES string of the molecule is CN(C)C1(CNN)CCC1. The maximum Gasteiger partial charge on any atom is 0.0341 e. The van der Waals surface area contributed by atoms with E-state index in [1.807, 2.05) is 0 Å². The zero-order valence-corrected chi connectivity index (χ0v) is 6.85. The summed E-state index contributed by atoms with van der Waals surface area (Å²) in [5, 5.41) is 0. The van der Waals surface area contributed by atoms with Gasteiger partial charge >= 0.3 is 0 Å². The molecule has 3 nitrogen and oxygen atoms in total. The molecule has 1 aliphatic rings. The van der Waals surface area contributed by atoms with Crippen molar-refractivity contribution in [2.24, 2.45) is 5.84 Å². The van der Waals surface area contributed by atoms with E-state index >= 15 is 0 Å². The molecule has 1 saturated carbocycles. The Bertz CT molecular complexity index is 107. The molecule has 0 aromatic carbocycles. The van der Waals surface area contributed by atoms with E-state index in [1.54, 1.807) is 0 Å². The fourth-order valence-corrected chi connectivity index (χ4v) is 1.56. The van der Waals surface area contributed by atoms with Crippen molar-refractivity contribution in [3.63, 3.8) is 0 Å².